The first kappa shape index (κ1) is 23.3. The number of anilines is 1. The van der Waals surface area contributed by atoms with Gasteiger partial charge < -0.3 is 15.5 Å². The zero-order chi connectivity index (χ0) is 22.6. The summed E-state index contributed by atoms with van der Waals surface area (Å²) in [5.41, 5.74) is 3.21. The Bertz CT molecular complexity index is 1050. The summed E-state index contributed by atoms with van der Waals surface area (Å²) >= 11 is 6.21. The zero-order valence-corrected chi connectivity index (χ0v) is 19.2. The Hall–Kier alpha value is -2.40. The maximum atomic E-state index is 11.8. The minimum Gasteiger partial charge on any atom is -0.497 e. The van der Waals surface area contributed by atoms with Crippen molar-refractivity contribution in [2.24, 2.45) is 15.9 Å². The lowest BCUT2D eigenvalue weighted by Gasteiger charge is -2.26. The minimum atomic E-state index is -3.86. The molecule has 3 rings (SSSR count). The molecule has 1 aromatic rings. The van der Waals surface area contributed by atoms with Crippen LogP contribution in [-0.2, 0) is 14.5 Å². The number of nitrogens with one attached hydrogen (secondary N) is 1. The highest BCUT2D eigenvalue weighted by atomic mass is 35.5. The molecule has 168 valence electrons. The SMILES string of the molecule is CNS(=O)(=O)OCC1CN(C(C)=NN)c2ccc(OC)cc2C(C2=CCC(Cl)C=C2)=N1. The number of nitrogens with zero attached hydrogens (tertiary/aromatic N) is 3. The number of benzodiazepines with no additional fused rings is 1. The second-order valence-corrected chi connectivity index (χ2v) is 9.13. The van der Waals surface area contributed by atoms with Gasteiger partial charge in [0.1, 0.15) is 11.6 Å². The van der Waals surface area contributed by atoms with Gasteiger partial charge in [-0.25, -0.2) is 0 Å². The summed E-state index contributed by atoms with van der Waals surface area (Å²) in [6.07, 6.45) is 6.51. The number of ether oxygens (including phenoxy) is 1. The number of allylic oxidation sites excluding steroid dienone is 4. The number of hydrogen-bond acceptors (Lipinski definition) is 7. The number of hydrogen-bond donors (Lipinski definition) is 2. The van der Waals surface area contributed by atoms with Crippen molar-refractivity contribution in [3.63, 3.8) is 0 Å². The highest BCUT2D eigenvalue weighted by Crippen LogP contribution is 2.33. The molecule has 2 unspecified atom stereocenters. The summed E-state index contributed by atoms with van der Waals surface area (Å²) in [5, 5.41) is 3.76. The van der Waals surface area contributed by atoms with E-state index in [4.69, 9.17) is 31.4 Å². The van der Waals surface area contributed by atoms with Crippen LogP contribution in [0.25, 0.3) is 0 Å². The topological polar surface area (TPSA) is 119 Å². The number of methoxy groups -OCH3 is 1. The van der Waals surface area contributed by atoms with Crippen LogP contribution in [0, 0.1) is 0 Å². The molecule has 1 heterocycles. The number of alkyl halides is 1. The smallest absolute Gasteiger partial charge is 0.335 e. The molecule has 0 amide bonds. The van der Waals surface area contributed by atoms with Gasteiger partial charge in [0.25, 0.3) is 0 Å². The van der Waals surface area contributed by atoms with Crippen molar-refractivity contribution in [2.75, 3.05) is 32.2 Å². The molecule has 0 radical (unpaired) electrons. The van der Waals surface area contributed by atoms with Crippen molar-refractivity contribution in [1.82, 2.24) is 4.72 Å². The van der Waals surface area contributed by atoms with Crippen LogP contribution in [-0.4, -0.2) is 58.7 Å². The summed E-state index contributed by atoms with van der Waals surface area (Å²) in [6, 6.07) is 5.12. The second-order valence-electron chi connectivity index (χ2n) is 7.01. The Kier molecular flexibility index (Phi) is 7.37. The van der Waals surface area contributed by atoms with E-state index >= 15 is 0 Å². The second kappa shape index (κ2) is 9.82. The molecule has 2 aliphatic rings. The molecular formula is C20H26ClN5O4S. The van der Waals surface area contributed by atoms with E-state index in [-0.39, 0.29) is 12.0 Å². The van der Waals surface area contributed by atoms with E-state index in [9.17, 15) is 8.42 Å². The van der Waals surface area contributed by atoms with Gasteiger partial charge in [-0.3, -0.25) is 9.18 Å². The van der Waals surface area contributed by atoms with E-state index in [2.05, 4.69) is 9.82 Å². The third kappa shape index (κ3) is 5.45. The molecule has 1 aliphatic carbocycles. The number of fused-ring (bicyclic) bond motifs is 1. The third-order valence-corrected chi connectivity index (χ3v) is 6.29. The van der Waals surface area contributed by atoms with Crippen molar-refractivity contribution in [3.8, 4) is 5.75 Å². The Morgan fingerprint density at radius 3 is 2.84 bits per heavy atom. The third-order valence-electron chi connectivity index (χ3n) is 5.02. The number of halogens is 1. The molecule has 0 spiro atoms. The van der Waals surface area contributed by atoms with Gasteiger partial charge in [-0.15, -0.1) is 11.6 Å². The zero-order valence-electron chi connectivity index (χ0n) is 17.6. The average molecular weight is 468 g/mol. The van der Waals surface area contributed by atoms with E-state index < -0.39 is 16.3 Å². The predicted molar refractivity (Wildman–Crippen MR) is 123 cm³/mol. The molecule has 0 aromatic heterocycles. The lowest BCUT2D eigenvalue weighted by Crippen LogP contribution is -2.38. The van der Waals surface area contributed by atoms with Crippen LogP contribution in [0.1, 0.15) is 18.9 Å². The molecule has 1 aromatic carbocycles. The average Bonchev–Trinajstić information content (AvgIpc) is 2.94. The maximum Gasteiger partial charge on any atom is 0.335 e. The Labute approximate surface area is 187 Å². The van der Waals surface area contributed by atoms with Crippen LogP contribution in [0.15, 0.2) is 52.1 Å². The standard InChI is InChI=1S/C20H26ClN5O4S/c1-13(25-22)26-11-16(12-30-31(27,28)23-2)24-20(14-4-6-15(21)7-5-14)18-10-17(29-3)8-9-19(18)26/h4-6,8-10,15-16,23H,7,11-12,22H2,1-3H3. The maximum absolute atomic E-state index is 11.8. The molecule has 11 heteroatoms. The van der Waals surface area contributed by atoms with E-state index in [1.165, 1.54) is 7.05 Å². The summed E-state index contributed by atoms with van der Waals surface area (Å²) in [5.74, 6) is 6.80. The number of hydrazone groups is 1. The molecule has 0 fully saturated rings. The number of aliphatic imine (C=N–C) groups is 1. The molecule has 9 nitrogen and oxygen atoms in total. The van der Waals surface area contributed by atoms with E-state index in [0.29, 0.717) is 30.3 Å². The summed E-state index contributed by atoms with van der Waals surface area (Å²) in [6.45, 7) is 1.95. The summed E-state index contributed by atoms with van der Waals surface area (Å²) < 4.78 is 36.3. The van der Waals surface area contributed by atoms with E-state index in [1.807, 2.05) is 41.3 Å². The first-order chi connectivity index (χ1) is 14.8. The van der Waals surface area contributed by atoms with Gasteiger partial charge in [0.15, 0.2) is 0 Å². The van der Waals surface area contributed by atoms with Crippen LogP contribution < -0.4 is 20.2 Å². The van der Waals surface area contributed by atoms with E-state index in [0.717, 1.165) is 16.8 Å². The summed E-state index contributed by atoms with van der Waals surface area (Å²) in [4.78, 5) is 6.78. The molecule has 0 saturated carbocycles. The van der Waals surface area contributed by atoms with Crippen molar-refractivity contribution in [1.29, 1.82) is 0 Å². The van der Waals surface area contributed by atoms with Gasteiger partial charge >= 0.3 is 10.3 Å². The highest BCUT2D eigenvalue weighted by Gasteiger charge is 2.29. The lowest BCUT2D eigenvalue weighted by atomic mass is 9.95. The van der Waals surface area contributed by atoms with Crippen molar-refractivity contribution >= 4 is 39.1 Å². The van der Waals surface area contributed by atoms with Crippen LogP contribution in [0.5, 0.6) is 5.75 Å². The molecule has 1 aliphatic heterocycles. The number of benzene rings is 1. The molecule has 31 heavy (non-hydrogen) atoms. The molecule has 2 atom stereocenters. The fraction of sp³-hybridized carbons (Fsp3) is 0.400. The number of amidine groups is 1. The van der Waals surface area contributed by atoms with Gasteiger partial charge in [0.2, 0.25) is 0 Å². The van der Waals surface area contributed by atoms with Crippen LogP contribution in [0.3, 0.4) is 0 Å². The Balaban J connectivity index is 2.13. The number of rotatable bonds is 6. The Morgan fingerprint density at radius 1 is 1.45 bits per heavy atom. The van der Waals surface area contributed by atoms with Gasteiger partial charge in [0.05, 0.1) is 36.5 Å². The van der Waals surface area contributed by atoms with Crippen LogP contribution >= 0.6 is 11.6 Å². The lowest BCUT2D eigenvalue weighted by molar-refractivity contribution is 0.291. The fourth-order valence-electron chi connectivity index (χ4n) is 3.36. The first-order valence-corrected chi connectivity index (χ1v) is 11.5. The normalized spacial score (nSPS) is 21.8. The van der Waals surface area contributed by atoms with Crippen LogP contribution in [0.4, 0.5) is 5.69 Å². The first-order valence-electron chi connectivity index (χ1n) is 9.67. The number of nitrogens with two attached hydrogens (primary N) is 1. The highest BCUT2D eigenvalue weighted by molar-refractivity contribution is 7.84. The quantitative estimate of drug-likeness (QED) is 0.217. The minimum absolute atomic E-state index is 0.0806. The summed E-state index contributed by atoms with van der Waals surface area (Å²) in [7, 11) is -0.978. The molecule has 0 bridgehead atoms. The van der Waals surface area contributed by atoms with Gasteiger partial charge in [-0.1, -0.05) is 18.2 Å². The van der Waals surface area contributed by atoms with Gasteiger partial charge in [-0.05, 0) is 37.1 Å². The largest absolute Gasteiger partial charge is 0.497 e. The van der Waals surface area contributed by atoms with Gasteiger partial charge in [-0.2, -0.15) is 18.2 Å². The fourth-order valence-corrected chi connectivity index (χ4v) is 3.98. The monoisotopic (exact) mass is 467 g/mol. The van der Waals surface area contributed by atoms with Crippen molar-refractivity contribution in [2.45, 2.75) is 24.8 Å². The van der Waals surface area contributed by atoms with Crippen molar-refractivity contribution < 1.29 is 17.3 Å². The predicted octanol–water partition coefficient (Wildman–Crippen LogP) is 1.94. The Morgan fingerprint density at radius 2 is 2.23 bits per heavy atom. The van der Waals surface area contributed by atoms with E-state index in [1.54, 1.807) is 14.0 Å². The van der Waals surface area contributed by atoms with Crippen molar-refractivity contribution in [3.05, 3.63) is 47.6 Å². The molecular weight excluding hydrogens is 442 g/mol. The molecule has 0 saturated heterocycles. The molecule has 3 N–H and O–H groups in total. The van der Waals surface area contributed by atoms with Gasteiger partial charge in [0, 0.05) is 19.2 Å². The van der Waals surface area contributed by atoms with Crippen LogP contribution in [0.2, 0.25) is 0 Å².